The Hall–Kier alpha value is -3.40. The maximum Gasteiger partial charge on any atom is 0.330 e. The van der Waals surface area contributed by atoms with Gasteiger partial charge in [-0.2, -0.15) is 16.1 Å². The van der Waals surface area contributed by atoms with Gasteiger partial charge in [0, 0.05) is 10.9 Å². The Morgan fingerprint density at radius 1 is 1.27 bits per heavy atom. The molecule has 1 aromatic carbocycles. The van der Waals surface area contributed by atoms with E-state index < -0.39 is 5.97 Å². The number of rotatable bonds is 5. The number of nitrogens with zero attached hydrogens (tertiary/aromatic N) is 5. The zero-order valence-corrected chi connectivity index (χ0v) is 14.1. The number of nitrogens with one attached hydrogen (secondary N) is 1. The van der Waals surface area contributed by atoms with Gasteiger partial charge in [-0.3, -0.25) is 4.79 Å². The van der Waals surface area contributed by atoms with E-state index in [2.05, 4.69) is 25.4 Å². The molecule has 0 amide bonds. The van der Waals surface area contributed by atoms with Crippen LogP contribution in [-0.4, -0.2) is 36.1 Å². The molecule has 3 heterocycles. The second-order valence-corrected chi connectivity index (χ2v) is 6.13. The molecule has 4 rings (SSSR count). The summed E-state index contributed by atoms with van der Waals surface area (Å²) in [5.41, 5.74) is 1.10. The Bertz CT molecular complexity index is 1120. The van der Waals surface area contributed by atoms with Crippen LogP contribution < -0.4 is 5.56 Å². The van der Waals surface area contributed by atoms with Crippen molar-refractivity contribution in [3.05, 3.63) is 57.3 Å². The Morgan fingerprint density at radius 3 is 3.00 bits per heavy atom. The third-order valence-corrected chi connectivity index (χ3v) is 4.22. The van der Waals surface area contributed by atoms with Crippen LogP contribution in [0.1, 0.15) is 5.82 Å². The molecule has 0 aliphatic carbocycles. The lowest BCUT2D eigenvalue weighted by Gasteiger charge is -2.04. The number of carbonyl (C=O) groups is 1. The number of tetrazole rings is 1. The highest BCUT2D eigenvalue weighted by Gasteiger charge is 2.12. The minimum atomic E-state index is -0.560. The van der Waals surface area contributed by atoms with Crippen LogP contribution >= 0.6 is 11.3 Å². The predicted octanol–water partition coefficient (Wildman–Crippen LogP) is 1.38. The van der Waals surface area contributed by atoms with Gasteiger partial charge in [-0.15, -0.1) is 10.2 Å². The Labute approximate surface area is 150 Å². The molecule has 130 valence electrons. The summed E-state index contributed by atoms with van der Waals surface area (Å²) in [4.78, 5) is 32.0. The number of aromatic nitrogens is 6. The summed E-state index contributed by atoms with van der Waals surface area (Å²) in [7, 11) is 0. The smallest absolute Gasteiger partial charge is 0.330 e. The van der Waals surface area contributed by atoms with Crippen molar-refractivity contribution in [2.75, 3.05) is 0 Å². The number of hydrogen-bond acceptors (Lipinski definition) is 8. The molecule has 9 nitrogen and oxygen atoms in total. The molecule has 26 heavy (non-hydrogen) atoms. The number of aromatic amines is 1. The summed E-state index contributed by atoms with van der Waals surface area (Å²) in [6, 6.07) is 8.81. The minimum absolute atomic E-state index is 0.148. The molecule has 0 unspecified atom stereocenters. The average Bonchev–Trinajstić information content (AvgIpc) is 3.31. The zero-order valence-electron chi connectivity index (χ0n) is 13.3. The molecule has 0 spiro atoms. The number of esters is 1. The standard InChI is InChI=1S/C16H12N6O3S/c23-14(7-22-20-15(19-21-22)10-5-6-26-9-10)25-8-13-17-12-4-2-1-3-11(12)16(24)18-13/h1-6,9H,7-8H2,(H,17,18,24). The van der Waals surface area contributed by atoms with Crippen molar-refractivity contribution in [1.29, 1.82) is 0 Å². The number of benzene rings is 1. The van der Waals surface area contributed by atoms with E-state index in [9.17, 15) is 9.59 Å². The highest BCUT2D eigenvalue weighted by molar-refractivity contribution is 7.08. The van der Waals surface area contributed by atoms with Gasteiger partial charge in [-0.05, 0) is 28.8 Å². The van der Waals surface area contributed by atoms with E-state index >= 15 is 0 Å². The molecule has 0 saturated heterocycles. The lowest BCUT2D eigenvalue weighted by Crippen LogP contribution is -2.18. The fraction of sp³-hybridized carbons (Fsp3) is 0.125. The normalized spacial score (nSPS) is 10.9. The fourth-order valence-electron chi connectivity index (χ4n) is 2.33. The van der Waals surface area contributed by atoms with E-state index in [0.717, 1.165) is 10.4 Å². The fourth-order valence-corrected chi connectivity index (χ4v) is 2.97. The van der Waals surface area contributed by atoms with E-state index in [4.69, 9.17) is 4.74 Å². The summed E-state index contributed by atoms with van der Waals surface area (Å²) < 4.78 is 5.14. The zero-order chi connectivity index (χ0) is 17.9. The highest BCUT2D eigenvalue weighted by Crippen LogP contribution is 2.16. The Balaban J connectivity index is 1.41. The van der Waals surface area contributed by atoms with E-state index in [1.54, 1.807) is 24.3 Å². The van der Waals surface area contributed by atoms with Gasteiger partial charge >= 0.3 is 5.97 Å². The van der Waals surface area contributed by atoms with Crippen molar-refractivity contribution in [2.45, 2.75) is 13.2 Å². The van der Waals surface area contributed by atoms with Gasteiger partial charge in [0.25, 0.3) is 5.56 Å². The van der Waals surface area contributed by atoms with Crippen LogP contribution in [0.2, 0.25) is 0 Å². The van der Waals surface area contributed by atoms with Gasteiger partial charge in [0.15, 0.2) is 6.54 Å². The molecule has 0 atom stereocenters. The molecule has 0 aliphatic heterocycles. The van der Waals surface area contributed by atoms with Crippen molar-refractivity contribution >= 4 is 28.2 Å². The van der Waals surface area contributed by atoms with Crippen LogP contribution in [0.5, 0.6) is 0 Å². The molecule has 0 bridgehead atoms. The Morgan fingerprint density at radius 2 is 2.15 bits per heavy atom. The number of carbonyl (C=O) groups excluding carboxylic acids is 1. The van der Waals surface area contributed by atoms with Gasteiger partial charge in [0.05, 0.1) is 10.9 Å². The number of H-pyrrole nitrogens is 1. The first-order valence-corrected chi connectivity index (χ1v) is 8.57. The summed E-state index contributed by atoms with van der Waals surface area (Å²) in [5.74, 6) is 0.155. The molecule has 4 aromatic rings. The summed E-state index contributed by atoms with van der Waals surface area (Å²) in [6.45, 7) is -0.333. The summed E-state index contributed by atoms with van der Waals surface area (Å²) >= 11 is 1.52. The topological polar surface area (TPSA) is 116 Å². The molecule has 10 heteroatoms. The maximum absolute atomic E-state index is 12.0. The average molecular weight is 368 g/mol. The first kappa shape index (κ1) is 16.1. The van der Waals surface area contributed by atoms with Crippen molar-refractivity contribution in [2.24, 2.45) is 0 Å². The summed E-state index contributed by atoms with van der Waals surface area (Å²) in [5, 5.41) is 16.1. The van der Waals surface area contributed by atoms with Crippen molar-refractivity contribution in [1.82, 2.24) is 30.2 Å². The predicted molar refractivity (Wildman–Crippen MR) is 93.3 cm³/mol. The van der Waals surface area contributed by atoms with Gasteiger partial charge in [0.2, 0.25) is 5.82 Å². The quantitative estimate of drug-likeness (QED) is 0.529. The van der Waals surface area contributed by atoms with Crippen LogP contribution in [0.4, 0.5) is 0 Å². The van der Waals surface area contributed by atoms with E-state index in [0.29, 0.717) is 16.7 Å². The molecule has 0 saturated carbocycles. The summed E-state index contributed by atoms with van der Waals surface area (Å²) in [6.07, 6.45) is 0. The maximum atomic E-state index is 12.0. The van der Waals surface area contributed by atoms with Crippen molar-refractivity contribution in [3.63, 3.8) is 0 Å². The monoisotopic (exact) mass is 368 g/mol. The van der Waals surface area contributed by atoms with Gasteiger partial charge < -0.3 is 9.72 Å². The van der Waals surface area contributed by atoms with E-state index in [1.807, 2.05) is 16.8 Å². The molecule has 3 aromatic heterocycles. The number of thiophene rings is 1. The van der Waals surface area contributed by atoms with E-state index in [1.165, 1.54) is 11.3 Å². The molecule has 0 aliphatic rings. The van der Waals surface area contributed by atoms with Gasteiger partial charge in [-0.1, -0.05) is 12.1 Å². The molecule has 0 fully saturated rings. The largest absolute Gasteiger partial charge is 0.456 e. The first-order chi connectivity index (χ1) is 12.7. The minimum Gasteiger partial charge on any atom is -0.456 e. The van der Waals surface area contributed by atoms with Crippen LogP contribution in [-0.2, 0) is 22.7 Å². The van der Waals surface area contributed by atoms with Crippen LogP contribution in [0, 0.1) is 0 Å². The van der Waals surface area contributed by atoms with E-state index in [-0.39, 0.29) is 24.5 Å². The second kappa shape index (κ2) is 6.84. The number of fused-ring (bicyclic) bond motifs is 1. The first-order valence-electron chi connectivity index (χ1n) is 7.63. The molecule has 1 N–H and O–H groups in total. The SMILES string of the molecule is O=C(Cn1nnc(-c2ccsc2)n1)OCc1nc2ccccc2c(=O)[nH]1. The van der Waals surface area contributed by atoms with Crippen LogP contribution in [0.25, 0.3) is 22.3 Å². The van der Waals surface area contributed by atoms with Crippen LogP contribution in [0.3, 0.4) is 0 Å². The number of hydrogen-bond donors (Lipinski definition) is 1. The van der Waals surface area contributed by atoms with Crippen molar-refractivity contribution < 1.29 is 9.53 Å². The highest BCUT2D eigenvalue weighted by atomic mass is 32.1. The molecular formula is C16H12N6O3S. The van der Waals surface area contributed by atoms with Crippen molar-refractivity contribution in [3.8, 4) is 11.4 Å². The Kier molecular flexibility index (Phi) is 4.23. The van der Waals surface area contributed by atoms with Gasteiger partial charge in [-0.25, -0.2) is 9.78 Å². The number of ether oxygens (including phenoxy) is 1. The lowest BCUT2D eigenvalue weighted by molar-refractivity contribution is -0.146. The second-order valence-electron chi connectivity index (χ2n) is 5.35. The third-order valence-electron chi connectivity index (χ3n) is 3.53. The molecule has 0 radical (unpaired) electrons. The number of para-hydroxylation sites is 1. The van der Waals surface area contributed by atoms with Crippen LogP contribution in [0.15, 0.2) is 45.9 Å². The molecular weight excluding hydrogens is 356 g/mol. The lowest BCUT2D eigenvalue weighted by atomic mass is 10.2. The third kappa shape index (κ3) is 3.35. The van der Waals surface area contributed by atoms with Gasteiger partial charge in [0.1, 0.15) is 12.4 Å².